The molecule has 7 heteroatoms. The Labute approximate surface area is 92.2 Å². The predicted molar refractivity (Wildman–Crippen MR) is 58.1 cm³/mol. The molecule has 0 bridgehead atoms. The molecule has 0 saturated heterocycles. The maximum absolute atomic E-state index is 11.3. The predicted octanol–water partition coefficient (Wildman–Crippen LogP) is 0.490. The number of hydrogen-bond acceptors (Lipinski definition) is 5. The molecule has 1 aromatic heterocycles. The second-order valence-corrected chi connectivity index (χ2v) is 3.27. The van der Waals surface area contributed by atoms with Crippen LogP contribution in [0.25, 0.3) is 0 Å². The Hall–Kier alpha value is -2.18. The number of pyridine rings is 1. The lowest BCUT2D eigenvalue weighted by atomic mass is 10.4. The van der Waals surface area contributed by atoms with Crippen molar-refractivity contribution in [2.24, 2.45) is 0 Å². The fraction of sp³-hybridized carbons (Fsp3) is 0.333. The molecule has 1 heterocycles. The lowest BCUT2D eigenvalue weighted by molar-refractivity contribution is -0.384. The molecule has 1 aromatic rings. The van der Waals surface area contributed by atoms with Crippen LogP contribution in [-0.2, 0) is 4.79 Å². The van der Waals surface area contributed by atoms with Gasteiger partial charge in [0.25, 0.3) is 0 Å². The van der Waals surface area contributed by atoms with Crippen molar-refractivity contribution < 1.29 is 9.72 Å². The number of aromatic nitrogens is 1. The molecule has 7 nitrogen and oxygen atoms in total. The van der Waals surface area contributed by atoms with Crippen LogP contribution in [0.4, 0.5) is 11.5 Å². The van der Waals surface area contributed by atoms with Crippen LogP contribution in [0.1, 0.15) is 0 Å². The lowest BCUT2D eigenvalue weighted by Crippen LogP contribution is -2.29. The van der Waals surface area contributed by atoms with Gasteiger partial charge in [-0.2, -0.15) is 0 Å². The highest BCUT2D eigenvalue weighted by atomic mass is 16.6. The summed E-state index contributed by atoms with van der Waals surface area (Å²) in [6.45, 7) is -0.0230. The second-order valence-electron chi connectivity index (χ2n) is 3.27. The Morgan fingerprint density at radius 1 is 1.62 bits per heavy atom. The van der Waals surface area contributed by atoms with E-state index in [1.807, 2.05) is 0 Å². The van der Waals surface area contributed by atoms with E-state index in [1.165, 1.54) is 23.2 Å². The molecule has 1 rings (SSSR count). The van der Waals surface area contributed by atoms with Crippen molar-refractivity contribution >= 4 is 17.4 Å². The highest BCUT2D eigenvalue weighted by molar-refractivity contribution is 5.80. The Morgan fingerprint density at radius 3 is 2.88 bits per heavy atom. The summed E-state index contributed by atoms with van der Waals surface area (Å²) < 4.78 is 0. The third-order valence-corrected chi connectivity index (χ3v) is 1.89. The van der Waals surface area contributed by atoms with Crippen LogP contribution in [0, 0.1) is 10.1 Å². The number of amides is 1. The lowest BCUT2D eigenvalue weighted by Gasteiger charge is -2.10. The molecule has 0 aromatic carbocycles. The summed E-state index contributed by atoms with van der Waals surface area (Å²) in [5.74, 6) is -0.0809. The zero-order chi connectivity index (χ0) is 12.1. The summed E-state index contributed by atoms with van der Waals surface area (Å²) in [7, 11) is 3.22. The number of carbonyl (C=O) groups is 1. The van der Waals surface area contributed by atoms with Gasteiger partial charge in [-0.3, -0.25) is 14.9 Å². The minimum atomic E-state index is -0.546. The smallest absolute Gasteiger partial charge is 0.311 e. The molecule has 0 aliphatic heterocycles. The number of nitrogens with zero attached hydrogens (tertiary/aromatic N) is 3. The third kappa shape index (κ3) is 2.91. The third-order valence-electron chi connectivity index (χ3n) is 1.89. The van der Waals surface area contributed by atoms with Gasteiger partial charge in [0.15, 0.2) is 0 Å². The number of nitrogens with one attached hydrogen (secondary N) is 1. The van der Waals surface area contributed by atoms with Crippen LogP contribution in [0.5, 0.6) is 0 Å². The fourth-order valence-electron chi connectivity index (χ4n) is 0.998. The molecule has 0 radical (unpaired) electrons. The topological polar surface area (TPSA) is 88.4 Å². The average molecular weight is 224 g/mol. The Morgan fingerprint density at radius 2 is 2.31 bits per heavy atom. The van der Waals surface area contributed by atoms with Crippen molar-refractivity contribution in [2.75, 3.05) is 26.0 Å². The number of carbonyl (C=O) groups excluding carboxylic acids is 1. The van der Waals surface area contributed by atoms with Gasteiger partial charge < -0.3 is 10.2 Å². The van der Waals surface area contributed by atoms with E-state index in [4.69, 9.17) is 0 Å². The van der Waals surface area contributed by atoms with Crippen molar-refractivity contribution in [3.63, 3.8) is 0 Å². The van der Waals surface area contributed by atoms with Crippen LogP contribution in [0.15, 0.2) is 18.3 Å². The van der Waals surface area contributed by atoms with E-state index in [2.05, 4.69) is 10.3 Å². The first-order chi connectivity index (χ1) is 7.52. The van der Waals surface area contributed by atoms with Crippen molar-refractivity contribution in [2.45, 2.75) is 0 Å². The van der Waals surface area contributed by atoms with Gasteiger partial charge in [-0.1, -0.05) is 0 Å². The number of likely N-dealkylation sites (N-methyl/N-ethyl adjacent to an activating group) is 1. The first kappa shape index (κ1) is 11.9. The summed E-state index contributed by atoms with van der Waals surface area (Å²) in [5.41, 5.74) is -0.144. The molecule has 0 aliphatic carbocycles. The molecule has 0 aliphatic rings. The molecule has 0 saturated carbocycles. The first-order valence-electron chi connectivity index (χ1n) is 4.56. The fourth-order valence-corrected chi connectivity index (χ4v) is 0.998. The van der Waals surface area contributed by atoms with Crippen molar-refractivity contribution in [1.82, 2.24) is 9.88 Å². The van der Waals surface area contributed by atoms with E-state index in [9.17, 15) is 14.9 Å². The van der Waals surface area contributed by atoms with E-state index in [1.54, 1.807) is 14.1 Å². The molecular formula is C9H12N4O3. The number of hydrogen-bond donors (Lipinski definition) is 1. The van der Waals surface area contributed by atoms with E-state index in [0.29, 0.717) is 0 Å². The van der Waals surface area contributed by atoms with Gasteiger partial charge in [0.2, 0.25) is 11.7 Å². The van der Waals surface area contributed by atoms with Crippen molar-refractivity contribution in [3.8, 4) is 0 Å². The zero-order valence-corrected chi connectivity index (χ0v) is 9.01. The second kappa shape index (κ2) is 5.06. The zero-order valence-electron chi connectivity index (χ0n) is 9.01. The molecule has 1 N–H and O–H groups in total. The van der Waals surface area contributed by atoms with E-state index < -0.39 is 4.92 Å². The van der Waals surface area contributed by atoms with Gasteiger partial charge in [-0.15, -0.1) is 0 Å². The van der Waals surface area contributed by atoms with Gasteiger partial charge in [-0.25, -0.2) is 4.98 Å². The van der Waals surface area contributed by atoms with Crippen molar-refractivity contribution in [3.05, 3.63) is 28.4 Å². The molecule has 0 spiro atoms. The van der Waals surface area contributed by atoms with Crippen LogP contribution in [0.3, 0.4) is 0 Å². The molecule has 0 unspecified atom stereocenters. The van der Waals surface area contributed by atoms with Crippen LogP contribution < -0.4 is 5.32 Å². The SMILES string of the molecule is CN(C)C(=O)CNc1ncccc1[N+](=O)[O-]. The summed E-state index contributed by atoms with van der Waals surface area (Å²) in [6.07, 6.45) is 1.43. The summed E-state index contributed by atoms with van der Waals surface area (Å²) in [5, 5.41) is 13.3. The highest BCUT2D eigenvalue weighted by Crippen LogP contribution is 2.19. The maximum atomic E-state index is 11.3. The van der Waals surface area contributed by atoms with Gasteiger partial charge in [0.1, 0.15) is 0 Å². The molecule has 16 heavy (non-hydrogen) atoms. The first-order valence-corrected chi connectivity index (χ1v) is 4.56. The normalized spacial score (nSPS) is 9.62. The Kier molecular flexibility index (Phi) is 3.76. The molecule has 0 fully saturated rings. The Balaban J connectivity index is 2.74. The highest BCUT2D eigenvalue weighted by Gasteiger charge is 2.14. The van der Waals surface area contributed by atoms with Crippen LogP contribution in [-0.4, -0.2) is 41.4 Å². The number of nitro groups is 1. The van der Waals surface area contributed by atoms with E-state index >= 15 is 0 Å². The van der Waals surface area contributed by atoms with Gasteiger partial charge >= 0.3 is 5.69 Å². The van der Waals surface area contributed by atoms with E-state index in [-0.39, 0.29) is 24.0 Å². The molecule has 0 atom stereocenters. The van der Waals surface area contributed by atoms with Gasteiger partial charge in [0.05, 0.1) is 11.5 Å². The average Bonchev–Trinajstić information content (AvgIpc) is 2.25. The number of rotatable bonds is 4. The minimum Gasteiger partial charge on any atom is -0.355 e. The largest absolute Gasteiger partial charge is 0.355 e. The van der Waals surface area contributed by atoms with Crippen molar-refractivity contribution in [1.29, 1.82) is 0 Å². The molecule has 1 amide bonds. The maximum Gasteiger partial charge on any atom is 0.311 e. The summed E-state index contributed by atoms with van der Waals surface area (Å²) in [4.78, 5) is 26.5. The monoisotopic (exact) mass is 224 g/mol. The minimum absolute atomic E-state index is 0.0230. The molecule has 86 valence electrons. The Bertz CT molecular complexity index is 405. The van der Waals surface area contributed by atoms with Crippen LogP contribution >= 0.6 is 0 Å². The standard InChI is InChI=1S/C9H12N4O3/c1-12(2)8(14)6-11-9-7(13(15)16)4-3-5-10-9/h3-5H,6H2,1-2H3,(H,10,11). The number of anilines is 1. The van der Waals surface area contributed by atoms with Gasteiger partial charge in [0, 0.05) is 26.4 Å². The van der Waals surface area contributed by atoms with Crippen LogP contribution in [0.2, 0.25) is 0 Å². The summed E-state index contributed by atoms with van der Waals surface area (Å²) in [6, 6.07) is 2.80. The molecular weight excluding hydrogens is 212 g/mol. The van der Waals surface area contributed by atoms with E-state index in [0.717, 1.165) is 0 Å². The quantitative estimate of drug-likeness (QED) is 0.594. The van der Waals surface area contributed by atoms with Gasteiger partial charge in [-0.05, 0) is 6.07 Å². The summed E-state index contributed by atoms with van der Waals surface area (Å²) >= 11 is 0.